The van der Waals surface area contributed by atoms with E-state index in [-0.39, 0.29) is 11.9 Å². The van der Waals surface area contributed by atoms with Crippen molar-refractivity contribution < 1.29 is 4.39 Å². The second-order valence-corrected chi connectivity index (χ2v) is 5.04. The molecule has 0 aliphatic rings. The quantitative estimate of drug-likeness (QED) is 0.860. The number of benzene rings is 2. The van der Waals surface area contributed by atoms with Gasteiger partial charge in [-0.2, -0.15) is 0 Å². The standard InChI is InChI=1S/C17H20FN/c1-11-9-12(2)17(16(18)10-11)15-8-6-5-7-14(15)13(3)19-4/h5-10,13,19H,1-4H3. The molecule has 0 fully saturated rings. The molecule has 1 nitrogen and oxygen atoms in total. The molecule has 1 N–H and O–H groups in total. The van der Waals surface area contributed by atoms with Crippen LogP contribution in [-0.2, 0) is 0 Å². The summed E-state index contributed by atoms with van der Waals surface area (Å²) in [6.45, 7) is 5.97. The van der Waals surface area contributed by atoms with Gasteiger partial charge in [-0.3, -0.25) is 0 Å². The Morgan fingerprint density at radius 2 is 1.79 bits per heavy atom. The number of hydrogen-bond donors (Lipinski definition) is 1. The van der Waals surface area contributed by atoms with Crippen molar-refractivity contribution in [2.24, 2.45) is 0 Å². The van der Waals surface area contributed by atoms with Crippen LogP contribution >= 0.6 is 0 Å². The molecule has 0 spiro atoms. The molecule has 0 amide bonds. The van der Waals surface area contributed by atoms with E-state index in [9.17, 15) is 4.39 Å². The summed E-state index contributed by atoms with van der Waals surface area (Å²) in [7, 11) is 1.92. The molecule has 2 heteroatoms. The Labute approximate surface area is 114 Å². The van der Waals surface area contributed by atoms with Gasteiger partial charge in [0, 0.05) is 11.6 Å². The van der Waals surface area contributed by atoms with Gasteiger partial charge in [-0.25, -0.2) is 4.39 Å². The molecule has 19 heavy (non-hydrogen) atoms. The molecule has 2 aromatic carbocycles. The van der Waals surface area contributed by atoms with Gasteiger partial charge in [-0.15, -0.1) is 0 Å². The van der Waals surface area contributed by atoms with Gasteiger partial charge in [-0.05, 0) is 56.1 Å². The fourth-order valence-corrected chi connectivity index (χ4v) is 2.51. The Morgan fingerprint density at radius 1 is 1.11 bits per heavy atom. The number of halogens is 1. The zero-order chi connectivity index (χ0) is 14.0. The monoisotopic (exact) mass is 257 g/mol. The van der Waals surface area contributed by atoms with Gasteiger partial charge >= 0.3 is 0 Å². The summed E-state index contributed by atoms with van der Waals surface area (Å²) >= 11 is 0. The van der Waals surface area contributed by atoms with Crippen LogP contribution in [0, 0.1) is 19.7 Å². The summed E-state index contributed by atoms with van der Waals surface area (Å²) in [5.41, 5.74) is 4.74. The van der Waals surface area contributed by atoms with Crippen molar-refractivity contribution in [2.45, 2.75) is 26.8 Å². The lowest BCUT2D eigenvalue weighted by Crippen LogP contribution is -2.13. The van der Waals surface area contributed by atoms with Gasteiger partial charge in [0.05, 0.1) is 0 Å². The first-order valence-electron chi connectivity index (χ1n) is 6.58. The number of aryl methyl sites for hydroxylation is 2. The Hall–Kier alpha value is -1.67. The van der Waals surface area contributed by atoms with Crippen molar-refractivity contribution in [3.63, 3.8) is 0 Å². The minimum absolute atomic E-state index is 0.145. The van der Waals surface area contributed by atoms with Crippen LogP contribution < -0.4 is 5.32 Å². The van der Waals surface area contributed by atoms with E-state index < -0.39 is 0 Å². The first-order chi connectivity index (χ1) is 9.04. The number of rotatable bonds is 3. The van der Waals surface area contributed by atoms with Crippen LogP contribution in [0.15, 0.2) is 36.4 Å². The van der Waals surface area contributed by atoms with E-state index in [4.69, 9.17) is 0 Å². The minimum atomic E-state index is -0.145. The lowest BCUT2D eigenvalue weighted by atomic mass is 9.91. The molecule has 1 atom stereocenters. The fraction of sp³-hybridized carbons (Fsp3) is 0.294. The van der Waals surface area contributed by atoms with Crippen LogP contribution in [0.3, 0.4) is 0 Å². The van der Waals surface area contributed by atoms with Crippen molar-refractivity contribution >= 4 is 0 Å². The van der Waals surface area contributed by atoms with Crippen LogP contribution in [0.4, 0.5) is 4.39 Å². The average Bonchev–Trinajstić information content (AvgIpc) is 2.37. The molecule has 0 saturated carbocycles. The highest BCUT2D eigenvalue weighted by molar-refractivity contribution is 5.72. The Morgan fingerprint density at radius 3 is 2.42 bits per heavy atom. The molecule has 0 bridgehead atoms. The van der Waals surface area contributed by atoms with Gasteiger partial charge < -0.3 is 5.32 Å². The van der Waals surface area contributed by atoms with E-state index in [0.29, 0.717) is 5.56 Å². The SMILES string of the molecule is CNC(C)c1ccccc1-c1c(C)cc(C)cc1F. The van der Waals surface area contributed by atoms with Crippen LogP contribution in [-0.4, -0.2) is 7.05 Å². The molecule has 100 valence electrons. The highest BCUT2D eigenvalue weighted by Gasteiger charge is 2.15. The minimum Gasteiger partial charge on any atom is -0.313 e. The average molecular weight is 257 g/mol. The first kappa shape index (κ1) is 13.8. The zero-order valence-corrected chi connectivity index (χ0v) is 11.9. The maximum atomic E-state index is 14.3. The smallest absolute Gasteiger partial charge is 0.131 e. The molecular weight excluding hydrogens is 237 g/mol. The van der Waals surface area contributed by atoms with Gasteiger partial charge in [0.2, 0.25) is 0 Å². The van der Waals surface area contributed by atoms with E-state index >= 15 is 0 Å². The molecule has 0 aliphatic heterocycles. The maximum absolute atomic E-state index is 14.3. The van der Waals surface area contributed by atoms with Gasteiger partial charge in [-0.1, -0.05) is 30.3 Å². The third-order valence-electron chi connectivity index (χ3n) is 3.56. The van der Waals surface area contributed by atoms with E-state index in [1.807, 2.05) is 45.2 Å². The van der Waals surface area contributed by atoms with Crippen molar-refractivity contribution in [3.05, 3.63) is 58.9 Å². The van der Waals surface area contributed by atoms with Crippen molar-refractivity contribution in [3.8, 4) is 11.1 Å². The van der Waals surface area contributed by atoms with Crippen LogP contribution in [0.1, 0.15) is 29.7 Å². The summed E-state index contributed by atoms with van der Waals surface area (Å²) in [6.07, 6.45) is 0. The number of nitrogens with one attached hydrogen (secondary N) is 1. The maximum Gasteiger partial charge on any atom is 0.131 e. The molecule has 2 rings (SSSR count). The molecule has 0 heterocycles. The lowest BCUT2D eigenvalue weighted by Gasteiger charge is -2.18. The zero-order valence-electron chi connectivity index (χ0n) is 11.9. The second-order valence-electron chi connectivity index (χ2n) is 5.04. The molecule has 0 saturated heterocycles. The second kappa shape index (κ2) is 5.54. The summed E-state index contributed by atoms with van der Waals surface area (Å²) in [4.78, 5) is 0. The molecule has 0 radical (unpaired) electrons. The highest BCUT2D eigenvalue weighted by atomic mass is 19.1. The topological polar surface area (TPSA) is 12.0 Å². The van der Waals surface area contributed by atoms with Crippen LogP contribution in [0.5, 0.6) is 0 Å². The van der Waals surface area contributed by atoms with Crippen LogP contribution in [0.2, 0.25) is 0 Å². The van der Waals surface area contributed by atoms with E-state index in [0.717, 1.165) is 22.3 Å². The predicted octanol–water partition coefficient (Wildman–Crippen LogP) is 4.39. The molecule has 2 aromatic rings. The molecule has 0 aliphatic carbocycles. The Bertz CT molecular complexity index is 567. The predicted molar refractivity (Wildman–Crippen MR) is 78.8 cm³/mol. The summed E-state index contributed by atoms with van der Waals surface area (Å²) in [5.74, 6) is -0.145. The third kappa shape index (κ3) is 2.69. The highest BCUT2D eigenvalue weighted by Crippen LogP contribution is 2.33. The Balaban J connectivity index is 2.66. The number of hydrogen-bond acceptors (Lipinski definition) is 1. The van der Waals surface area contributed by atoms with Gasteiger partial charge in [0.25, 0.3) is 0 Å². The molecule has 1 unspecified atom stereocenters. The van der Waals surface area contributed by atoms with Gasteiger partial charge in [0.15, 0.2) is 0 Å². The largest absolute Gasteiger partial charge is 0.313 e. The summed E-state index contributed by atoms with van der Waals surface area (Å²) in [6, 6.07) is 11.8. The fourth-order valence-electron chi connectivity index (χ4n) is 2.51. The third-order valence-corrected chi connectivity index (χ3v) is 3.56. The van der Waals surface area contributed by atoms with Crippen molar-refractivity contribution in [2.75, 3.05) is 7.05 Å². The van der Waals surface area contributed by atoms with Gasteiger partial charge in [0.1, 0.15) is 5.82 Å². The Kier molecular flexibility index (Phi) is 4.01. The lowest BCUT2D eigenvalue weighted by molar-refractivity contribution is 0.626. The van der Waals surface area contributed by atoms with E-state index in [1.165, 1.54) is 0 Å². The molecular formula is C17H20FN. The van der Waals surface area contributed by atoms with Crippen molar-refractivity contribution in [1.29, 1.82) is 0 Å². The van der Waals surface area contributed by atoms with E-state index in [1.54, 1.807) is 6.07 Å². The normalized spacial score (nSPS) is 12.5. The molecule has 0 aromatic heterocycles. The summed E-state index contributed by atoms with van der Waals surface area (Å²) < 4.78 is 14.3. The van der Waals surface area contributed by atoms with Crippen molar-refractivity contribution in [1.82, 2.24) is 5.32 Å². The summed E-state index contributed by atoms with van der Waals surface area (Å²) in [5, 5.41) is 3.22. The van der Waals surface area contributed by atoms with Crippen LogP contribution in [0.25, 0.3) is 11.1 Å². The first-order valence-corrected chi connectivity index (χ1v) is 6.58. The van der Waals surface area contributed by atoms with E-state index in [2.05, 4.69) is 18.3 Å².